The van der Waals surface area contributed by atoms with E-state index in [0.717, 1.165) is 27.9 Å². The van der Waals surface area contributed by atoms with Crippen LogP contribution in [-0.2, 0) is 11.4 Å². The number of carbonyl (C=O) groups is 2. The van der Waals surface area contributed by atoms with Crippen molar-refractivity contribution in [1.82, 2.24) is 10.4 Å². The number of hydrogen-bond donors (Lipinski definition) is 1. The van der Waals surface area contributed by atoms with Crippen LogP contribution in [-0.4, -0.2) is 21.1 Å². The first kappa shape index (κ1) is 21.8. The van der Waals surface area contributed by atoms with Crippen LogP contribution in [0.5, 0.6) is 5.75 Å². The lowest BCUT2D eigenvalue weighted by atomic mass is 10.1. The van der Waals surface area contributed by atoms with Crippen LogP contribution in [0.15, 0.2) is 83.8 Å². The van der Waals surface area contributed by atoms with E-state index in [1.807, 2.05) is 61.5 Å². The van der Waals surface area contributed by atoms with Crippen molar-refractivity contribution >= 4 is 46.2 Å². The number of nitrogens with one attached hydrogen (secondary N) is 1. The molecule has 0 atom stereocenters. The van der Waals surface area contributed by atoms with Gasteiger partial charge in [-0.3, -0.25) is 15.0 Å². The van der Waals surface area contributed by atoms with Crippen LogP contribution in [0.25, 0.3) is 6.08 Å². The number of ether oxygens (including phenoxy) is 1. The second-order valence-corrected chi connectivity index (χ2v) is 8.85. The summed E-state index contributed by atoms with van der Waals surface area (Å²) in [5, 5.41) is 1.11. The lowest BCUT2D eigenvalue weighted by Gasteiger charge is -2.15. The quantitative estimate of drug-likeness (QED) is 0.409. The van der Waals surface area contributed by atoms with E-state index in [4.69, 9.17) is 17.0 Å². The molecule has 0 unspecified atom stereocenters. The topological polar surface area (TPSA) is 58.6 Å². The molecule has 0 radical (unpaired) electrons. The number of hydrazine groups is 1. The van der Waals surface area contributed by atoms with Crippen molar-refractivity contribution in [1.29, 1.82) is 0 Å². The minimum absolute atomic E-state index is 0.275. The van der Waals surface area contributed by atoms with E-state index < -0.39 is 5.91 Å². The molecule has 4 rings (SSSR count). The Labute approximate surface area is 196 Å². The van der Waals surface area contributed by atoms with Crippen LogP contribution < -0.4 is 10.2 Å². The molecule has 1 saturated heterocycles. The van der Waals surface area contributed by atoms with E-state index in [9.17, 15) is 9.59 Å². The van der Waals surface area contributed by atoms with Gasteiger partial charge in [0.25, 0.3) is 11.8 Å². The van der Waals surface area contributed by atoms with Crippen molar-refractivity contribution in [2.45, 2.75) is 13.5 Å². The highest BCUT2D eigenvalue weighted by Crippen LogP contribution is 2.32. The summed E-state index contributed by atoms with van der Waals surface area (Å²) in [5.74, 6) is -0.0582. The second-order valence-electron chi connectivity index (χ2n) is 7.17. The third-order valence-corrected chi connectivity index (χ3v) is 6.03. The molecule has 1 aliphatic rings. The zero-order valence-corrected chi connectivity index (χ0v) is 18.9. The molecule has 7 heteroatoms. The fraction of sp³-hybridized carbons (Fsp3) is 0.0800. The molecule has 1 fully saturated rings. The van der Waals surface area contributed by atoms with Gasteiger partial charge in [-0.25, -0.2) is 0 Å². The zero-order valence-electron chi connectivity index (χ0n) is 17.3. The third-order valence-electron chi connectivity index (χ3n) is 4.73. The summed E-state index contributed by atoms with van der Waals surface area (Å²) < 4.78 is 6.17. The SMILES string of the molecule is Cc1ccc(COc2cccc(/C=C3\SC(=S)N(NC(=O)c4ccccc4)C3=O)c2)cc1. The summed E-state index contributed by atoms with van der Waals surface area (Å²) in [4.78, 5) is 25.6. The van der Waals surface area contributed by atoms with Crippen molar-refractivity contribution in [3.05, 3.63) is 106 Å². The maximum absolute atomic E-state index is 12.8. The molecule has 0 saturated carbocycles. The predicted molar refractivity (Wildman–Crippen MR) is 131 cm³/mol. The van der Waals surface area contributed by atoms with Gasteiger partial charge in [-0.1, -0.05) is 71.9 Å². The van der Waals surface area contributed by atoms with Gasteiger partial charge in [0.15, 0.2) is 4.32 Å². The molecule has 160 valence electrons. The molecule has 1 aliphatic heterocycles. The standard InChI is InChI=1S/C25H20N2O3S2/c1-17-10-12-18(13-11-17)16-30-21-9-5-6-19(14-21)15-22-24(29)27(25(31)32-22)26-23(28)20-7-3-2-4-8-20/h2-15H,16H2,1H3,(H,26,28)/b22-15-. The smallest absolute Gasteiger partial charge is 0.285 e. The van der Waals surface area contributed by atoms with Gasteiger partial charge in [0, 0.05) is 5.56 Å². The molecule has 0 spiro atoms. The Hall–Kier alpha value is -3.42. The van der Waals surface area contributed by atoms with Crippen molar-refractivity contribution in [3.63, 3.8) is 0 Å². The number of thiocarbonyl (C=S) groups is 1. The van der Waals surface area contributed by atoms with Crippen LogP contribution >= 0.6 is 24.0 Å². The Morgan fingerprint density at radius 1 is 1.06 bits per heavy atom. The molecule has 1 N–H and O–H groups in total. The lowest BCUT2D eigenvalue weighted by Crippen LogP contribution is -2.44. The normalized spacial score (nSPS) is 14.7. The van der Waals surface area contributed by atoms with Gasteiger partial charge < -0.3 is 4.74 Å². The molecule has 0 bridgehead atoms. The summed E-state index contributed by atoms with van der Waals surface area (Å²) in [7, 11) is 0. The molecular formula is C25H20N2O3S2. The van der Waals surface area contributed by atoms with Gasteiger partial charge >= 0.3 is 0 Å². The highest BCUT2D eigenvalue weighted by molar-refractivity contribution is 8.26. The van der Waals surface area contributed by atoms with Crippen LogP contribution in [0, 0.1) is 6.92 Å². The Bertz CT molecular complexity index is 1190. The Balaban J connectivity index is 1.43. The minimum atomic E-state index is -0.394. The number of aryl methyl sites for hydroxylation is 1. The number of hydrogen-bond acceptors (Lipinski definition) is 5. The highest BCUT2D eigenvalue weighted by Gasteiger charge is 2.33. The van der Waals surface area contributed by atoms with Crippen LogP contribution in [0.1, 0.15) is 27.0 Å². The first-order chi connectivity index (χ1) is 15.5. The number of carbonyl (C=O) groups excluding carboxylic acids is 2. The van der Waals surface area contributed by atoms with E-state index in [2.05, 4.69) is 5.43 Å². The van der Waals surface area contributed by atoms with Gasteiger partial charge in [0.1, 0.15) is 12.4 Å². The zero-order chi connectivity index (χ0) is 22.5. The molecule has 1 heterocycles. The monoisotopic (exact) mass is 460 g/mol. The summed E-state index contributed by atoms with van der Waals surface area (Å²) in [6, 6.07) is 24.3. The maximum atomic E-state index is 12.8. The summed E-state index contributed by atoms with van der Waals surface area (Å²) in [6.07, 6.45) is 1.74. The van der Waals surface area contributed by atoms with Crippen molar-refractivity contribution < 1.29 is 14.3 Å². The molecule has 32 heavy (non-hydrogen) atoms. The number of thioether (sulfide) groups is 1. The van der Waals surface area contributed by atoms with Crippen LogP contribution in [0.2, 0.25) is 0 Å². The Morgan fingerprint density at radius 3 is 2.56 bits per heavy atom. The number of rotatable bonds is 6. The average molecular weight is 461 g/mol. The van der Waals surface area contributed by atoms with E-state index in [0.29, 0.717) is 22.8 Å². The van der Waals surface area contributed by atoms with Gasteiger partial charge in [0.2, 0.25) is 0 Å². The highest BCUT2D eigenvalue weighted by atomic mass is 32.2. The Kier molecular flexibility index (Phi) is 6.68. The minimum Gasteiger partial charge on any atom is -0.489 e. The van der Waals surface area contributed by atoms with E-state index in [-0.39, 0.29) is 10.2 Å². The predicted octanol–water partition coefficient (Wildman–Crippen LogP) is 5.12. The summed E-state index contributed by atoms with van der Waals surface area (Å²) in [5.41, 5.74) is 6.12. The van der Waals surface area contributed by atoms with E-state index >= 15 is 0 Å². The fourth-order valence-corrected chi connectivity index (χ4v) is 4.20. The summed E-state index contributed by atoms with van der Waals surface area (Å²) in [6.45, 7) is 2.50. The van der Waals surface area contributed by atoms with Gasteiger partial charge in [-0.05, 0) is 60.6 Å². The van der Waals surface area contributed by atoms with Gasteiger partial charge in [-0.15, -0.1) is 0 Å². The van der Waals surface area contributed by atoms with Gasteiger partial charge in [-0.2, -0.15) is 5.01 Å². The van der Waals surface area contributed by atoms with Crippen LogP contribution in [0.3, 0.4) is 0 Å². The molecule has 3 aromatic carbocycles. The van der Waals surface area contributed by atoms with Crippen LogP contribution in [0.4, 0.5) is 0 Å². The largest absolute Gasteiger partial charge is 0.489 e. The lowest BCUT2D eigenvalue weighted by molar-refractivity contribution is -0.123. The van der Waals surface area contributed by atoms with Crippen molar-refractivity contribution in [3.8, 4) is 5.75 Å². The van der Waals surface area contributed by atoms with Crippen molar-refractivity contribution in [2.75, 3.05) is 0 Å². The average Bonchev–Trinajstić information content (AvgIpc) is 3.07. The molecular weight excluding hydrogens is 440 g/mol. The fourth-order valence-electron chi connectivity index (χ4n) is 3.02. The molecule has 3 aromatic rings. The molecule has 2 amide bonds. The third kappa shape index (κ3) is 5.25. The van der Waals surface area contributed by atoms with Gasteiger partial charge in [0.05, 0.1) is 4.91 Å². The molecule has 5 nitrogen and oxygen atoms in total. The molecule has 0 aliphatic carbocycles. The Morgan fingerprint density at radius 2 is 1.81 bits per heavy atom. The summed E-state index contributed by atoms with van der Waals surface area (Å²) >= 11 is 6.44. The van der Waals surface area contributed by atoms with E-state index in [1.54, 1.807) is 30.3 Å². The molecule has 0 aromatic heterocycles. The first-order valence-electron chi connectivity index (χ1n) is 9.92. The number of amides is 2. The first-order valence-corrected chi connectivity index (χ1v) is 11.1. The van der Waals surface area contributed by atoms with Crippen molar-refractivity contribution in [2.24, 2.45) is 0 Å². The van der Waals surface area contributed by atoms with E-state index in [1.165, 1.54) is 5.56 Å². The maximum Gasteiger partial charge on any atom is 0.285 e. The number of benzene rings is 3. The number of nitrogens with zero attached hydrogens (tertiary/aromatic N) is 1. The second kappa shape index (κ2) is 9.80.